The average molecular weight is 290 g/mol. The molecule has 0 saturated carbocycles. The Morgan fingerprint density at radius 1 is 1.55 bits per heavy atom. The fourth-order valence-corrected chi connectivity index (χ4v) is 2.08. The molecular weight excluding hydrogens is 277 g/mol. The van der Waals surface area contributed by atoms with Gasteiger partial charge in [0.25, 0.3) is 0 Å². The lowest BCUT2D eigenvalue weighted by atomic mass is 10.1. The third-order valence-corrected chi connectivity index (χ3v) is 3.00. The van der Waals surface area contributed by atoms with Crippen LogP contribution >= 0.6 is 0 Å². The lowest BCUT2D eigenvalue weighted by molar-refractivity contribution is -0.139. The molecule has 0 radical (unpaired) electrons. The molecule has 2 heterocycles. The van der Waals surface area contributed by atoms with E-state index < -0.39 is 23.8 Å². The quantitative estimate of drug-likeness (QED) is 0.919. The summed E-state index contributed by atoms with van der Waals surface area (Å²) in [5.41, 5.74) is -0.803. The molecule has 0 spiro atoms. The van der Waals surface area contributed by atoms with Gasteiger partial charge in [-0.05, 0) is 12.1 Å². The van der Waals surface area contributed by atoms with E-state index in [4.69, 9.17) is 9.84 Å². The number of carboxylic acids is 1. The number of nitrogens with zero attached hydrogens (tertiary/aromatic N) is 2. The molecule has 110 valence electrons. The van der Waals surface area contributed by atoms with Crippen molar-refractivity contribution in [3.8, 4) is 0 Å². The van der Waals surface area contributed by atoms with Gasteiger partial charge in [0.2, 0.25) is 0 Å². The molecule has 1 atom stereocenters. The molecule has 0 amide bonds. The van der Waals surface area contributed by atoms with E-state index in [2.05, 4.69) is 4.98 Å². The number of rotatable bonds is 3. The van der Waals surface area contributed by atoms with Gasteiger partial charge < -0.3 is 14.7 Å². The third-order valence-electron chi connectivity index (χ3n) is 3.00. The molecule has 1 aliphatic heterocycles. The van der Waals surface area contributed by atoms with Crippen LogP contribution in [-0.2, 0) is 15.7 Å². The minimum absolute atomic E-state index is 0.120. The van der Waals surface area contributed by atoms with Gasteiger partial charge >= 0.3 is 12.1 Å². The van der Waals surface area contributed by atoms with Crippen LogP contribution in [0, 0.1) is 0 Å². The number of aromatic nitrogens is 1. The second-order valence-corrected chi connectivity index (χ2v) is 4.42. The molecule has 1 unspecified atom stereocenters. The normalized spacial score (nSPS) is 19.9. The number of halogens is 3. The van der Waals surface area contributed by atoms with Crippen LogP contribution in [0.2, 0.25) is 0 Å². The van der Waals surface area contributed by atoms with Gasteiger partial charge in [-0.2, -0.15) is 13.2 Å². The zero-order valence-corrected chi connectivity index (χ0v) is 10.4. The largest absolute Gasteiger partial charge is 0.481 e. The van der Waals surface area contributed by atoms with Gasteiger partial charge in [-0.25, -0.2) is 4.98 Å². The van der Waals surface area contributed by atoms with Gasteiger partial charge in [-0.1, -0.05) is 0 Å². The van der Waals surface area contributed by atoms with Crippen LogP contribution in [0.4, 0.5) is 19.0 Å². The molecule has 1 aromatic rings. The Balaban J connectivity index is 2.26. The summed E-state index contributed by atoms with van der Waals surface area (Å²) in [6, 6.07) is 1.30. The summed E-state index contributed by atoms with van der Waals surface area (Å²) in [5, 5.41) is 8.83. The fraction of sp³-hybridized carbons (Fsp3) is 0.500. The molecule has 0 bridgehead atoms. The maximum atomic E-state index is 12.7. The van der Waals surface area contributed by atoms with Crippen molar-refractivity contribution in [3.63, 3.8) is 0 Å². The van der Waals surface area contributed by atoms with Crippen molar-refractivity contribution in [2.45, 2.75) is 18.6 Å². The first-order valence-corrected chi connectivity index (χ1v) is 5.97. The Kier molecular flexibility index (Phi) is 4.12. The zero-order chi connectivity index (χ0) is 14.8. The highest BCUT2D eigenvalue weighted by Crippen LogP contribution is 2.31. The summed E-state index contributed by atoms with van der Waals surface area (Å²) in [4.78, 5) is 16.2. The Bertz CT molecular complexity index is 493. The number of aliphatic carboxylic acids is 1. The third kappa shape index (κ3) is 3.38. The van der Waals surface area contributed by atoms with E-state index in [-0.39, 0.29) is 18.8 Å². The van der Waals surface area contributed by atoms with Crippen molar-refractivity contribution in [2.24, 2.45) is 0 Å². The molecule has 1 aliphatic rings. The number of carboxylic acid groups (broad SMARTS) is 1. The molecule has 0 aromatic carbocycles. The number of alkyl halides is 3. The molecule has 1 N–H and O–H groups in total. The van der Waals surface area contributed by atoms with Gasteiger partial charge in [-0.3, -0.25) is 4.79 Å². The van der Waals surface area contributed by atoms with E-state index in [1.165, 1.54) is 0 Å². The molecule has 20 heavy (non-hydrogen) atoms. The van der Waals surface area contributed by atoms with Gasteiger partial charge in [0.05, 0.1) is 31.2 Å². The first kappa shape index (κ1) is 14.6. The minimum Gasteiger partial charge on any atom is -0.481 e. The van der Waals surface area contributed by atoms with Crippen LogP contribution in [0.3, 0.4) is 0 Å². The molecule has 5 nitrogen and oxygen atoms in total. The van der Waals surface area contributed by atoms with E-state index in [0.29, 0.717) is 13.2 Å². The predicted octanol–water partition coefficient (Wildman–Crippen LogP) is 1.78. The highest BCUT2D eigenvalue weighted by Gasteiger charge is 2.33. The molecule has 0 aliphatic carbocycles. The number of hydrogen-bond acceptors (Lipinski definition) is 4. The summed E-state index contributed by atoms with van der Waals surface area (Å²) in [6.45, 7) is 0.796. The summed E-state index contributed by atoms with van der Waals surface area (Å²) in [7, 11) is 0. The van der Waals surface area contributed by atoms with Crippen molar-refractivity contribution < 1.29 is 27.8 Å². The van der Waals surface area contributed by atoms with Crippen LogP contribution in [0.5, 0.6) is 0 Å². The number of anilines is 1. The summed E-state index contributed by atoms with van der Waals surface area (Å²) in [5.74, 6) is -0.910. The van der Waals surface area contributed by atoms with Crippen LogP contribution in [0.15, 0.2) is 18.3 Å². The Labute approximate surface area is 113 Å². The second kappa shape index (κ2) is 5.66. The van der Waals surface area contributed by atoms with Gasteiger partial charge in [0.15, 0.2) is 0 Å². The van der Waals surface area contributed by atoms with Gasteiger partial charge in [-0.15, -0.1) is 0 Å². The SMILES string of the molecule is O=C(O)CC1COCCN1c1cc(C(F)(F)F)ccn1. The molecule has 1 fully saturated rings. The predicted molar refractivity (Wildman–Crippen MR) is 63.4 cm³/mol. The molecule has 8 heteroatoms. The van der Waals surface area contributed by atoms with Crippen molar-refractivity contribution in [2.75, 3.05) is 24.7 Å². The van der Waals surface area contributed by atoms with E-state index in [1.54, 1.807) is 4.90 Å². The smallest absolute Gasteiger partial charge is 0.416 e. The van der Waals surface area contributed by atoms with Crippen LogP contribution in [0.1, 0.15) is 12.0 Å². The van der Waals surface area contributed by atoms with Crippen molar-refractivity contribution >= 4 is 11.8 Å². The van der Waals surface area contributed by atoms with Crippen LogP contribution in [0.25, 0.3) is 0 Å². The van der Waals surface area contributed by atoms with Crippen molar-refractivity contribution in [1.82, 2.24) is 4.98 Å². The van der Waals surface area contributed by atoms with Crippen LogP contribution < -0.4 is 4.90 Å². The Hall–Kier alpha value is -1.83. The molecular formula is C12H13F3N2O3. The lowest BCUT2D eigenvalue weighted by Crippen LogP contribution is -2.47. The zero-order valence-electron chi connectivity index (χ0n) is 10.4. The summed E-state index contributed by atoms with van der Waals surface area (Å²) < 4.78 is 43.2. The Morgan fingerprint density at radius 2 is 2.30 bits per heavy atom. The first-order chi connectivity index (χ1) is 9.38. The Morgan fingerprint density at radius 3 is 2.95 bits per heavy atom. The van der Waals surface area contributed by atoms with Gasteiger partial charge in [0, 0.05) is 12.7 Å². The average Bonchev–Trinajstić information content (AvgIpc) is 2.38. The number of hydrogen-bond donors (Lipinski definition) is 1. The van der Waals surface area contributed by atoms with E-state index in [1.807, 2.05) is 0 Å². The topological polar surface area (TPSA) is 62.7 Å². The number of morpholine rings is 1. The fourth-order valence-electron chi connectivity index (χ4n) is 2.08. The van der Waals surface area contributed by atoms with E-state index in [0.717, 1.165) is 18.3 Å². The lowest BCUT2D eigenvalue weighted by Gasteiger charge is -2.35. The first-order valence-electron chi connectivity index (χ1n) is 5.97. The van der Waals surface area contributed by atoms with Gasteiger partial charge in [0.1, 0.15) is 5.82 Å². The van der Waals surface area contributed by atoms with Crippen molar-refractivity contribution in [1.29, 1.82) is 0 Å². The molecule has 1 saturated heterocycles. The minimum atomic E-state index is -4.45. The molecule has 2 rings (SSSR count). The maximum absolute atomic E-state index is 12.7. The second-order valence-electron chi connectivity index (χ2n) is 4.42. The number of pyridine rings is 1. The van der Waals surface area contributed by atoms with E-state index >= 15 is 0 Å². The standard InChI is InChI=1S/C12H13F3N2O3/c13-12(14,15)8-1-2-16-10(5-8)17-3-4-20-7-9(17)6-11(18)19/h1-2,5,9H,3-4,6-7H2,(H,18,19). The highest BCUT2D eigenvalue weighted by atomic mass is 19.4. The molecule has 1 aromatic heterocycles. The number of ether oxygens (including phenoxy) is 1. The maximum Gasteiger partial charge on any atom is 0.416 e. The van der Waals surface area contributed by atoms with Crippen molar-refractivity contribution in [3.05, 3.63) is 23.9 Å². The highest BCUT2D eigenvalue weighted by molar-refractivity contribution is 5.68. The van der Waals surface area contributed by atoms with Crippen LogP contribution in [-0.4, -0.2) is 41.9 Å². The summed E-state index contributed by atoms with van der Waals surface area (Å²) in [6.07, 6.45) is -3.59. The van der Waals surface area contributed by atoms with E-state index in [9.17, 15) is 18.0 Å². The number of carbonyl (C=O) groups is 1. The monoisotopic (exact) mass is 290 g/mol. The summed E-state index contributed by atoms with van der Waals surface area (Å²) >= 11 is 0.